The second-order valence-electron chi connectivity index (χ2n) is 5.94. The molecule has 140 valence electrons. The van der Waals surface area contributed by atoms with E-state index in [1.54, 1.807) is 30.3 Å². The maximum atomic E-state index is 12.5. The van der Waals surface area contributed by atoms with E-state index in [9.17, 15) is 4.79 Å². The molecule has 1 heterocycles. The van der Waals surface area contributed by atoms with Gasteiger partial charge >= 0.3 is 0 Å². The molecule has 26 heavy (non-hydrogen) atoms. The Morgan fingerprint density at radius 3 is 2.69 bits per heavy atom. The Kier molecular flexibility index (Phi) is 7.72. The molecule has 2 aromatic carbocycles. The van der Waals surface area contributed by atoms with Crippen molar-refractivity contribution in [2.75, 3.05) is 18.5 Å². The summed E-state index contributed by atoms with van der Waals surface area (Å²) in [6, 6.07) is 12.3. The van der Waals surface area contributed by atoms with Crippen LogP contribution < -0.4 is 15.8 Å². The van der Waals surface area contributed by atoms with E-state index >= 15 is 0 Å². The van der Waals surface area contributed by atoms with Crippen molar-refractivity contribution in [1.29, 1.82) is 0 Å². The van der Waals surface area contributed by atoms with Gasteiger partial charge in [0.1, 0.15) is 12.4 Å². The fourth-order valence-corrected chi connectivity index (χ4v) is 2.84. The maximum absolute atomic E-state index is 12.5. The molecule has 1 aliphatic rings. The molecule has 1 fully saturated rings. The Bertz CT molecular complexity index is 732. The molecule has 0 radical (unpaired) electrons. The number of amides is 1. The van der Waals surface area contributed by atoms with Crippen molar-refractivity contribution in [3.05, 3.63) is 58.6 Å². The second-order valence-corrected chi connectivity index (χ2v) is 6.38. The van der Waals surface area contributed by atoms with Crippen molar-refractivity contribution < 1.29 is 14.3 Å². The van der Waals surface area contributed by atoms with Gasteiger partial charge in [0.25, 0.3) is 5.91 Å². The van der Waals surface area contributed by atoms with Crippen molar-refractivity contribution in [2.45, 2.75) is 25.5 Å². The molecule has 1 aliphatic heterocycles. The molecule has 0 spiro atoms. The molecule has 0 saturated carbocycles. The zero-order chi connectivity index (χ0) is 17.6. The maximum Gasteiger partial charge on any atom is 0.255 e. The Hall–Kier alpha value is -1.79. The molecule has 2 aromatic rings. The number of nitrogens with one attached hydrogen (secondary N) is 1. The van der Waals surface area contributed by atoms with E-state index in [1.165, 1.54) is 0 Å². The predicted molar refractivity (Wildman–Crippen MR) is 105 cm³/mol. The van der Waals surface area contributed by atoms with E-state index in [0.29, 0.717) is 35.2 Å². The first kappa shape index (κ1) is 20.5. The molecule has 7 heteroatoms. The third-order valence-corrected chi connectivity index (χ3v) is 4.33. The first-order valence-corrected chi connectivity index (χ1v) is 8.68. The normalized spacial score (nSPS) is 16.0. The van der Waals surface area contributed by atoms with E-state index in [4.69, 9.17) is 26.8 Å². The third-order valence-electron chi connectivity index (χ3n) is 4.09. The number of halogens is 2. The van der Waals surface area contributed by atoms with Crippen LogP contribution in [0.4, 0.5) is 5.69 Å². The van der Waals surface area contributed by atoms with Crippen LogP contribution in [0.3, 0.4) is 0 Å². The van der Waals surface area contributed by atoms with Crippen molar-refractivity contribution in [3.63, 3.8) is 0 Å². The van der Waals surface area contributed by atoms with Crippen molar-refractivity contribution >= 4 is 35.6 Å². The zero-order valence-electron chi connectivity index (χ0n) is 14.2. The monoisotopic (exact) mass is 396 g/mol. The van der Waals surface area contributed by atoms with Gasteiger partial charge in [-0.2, -0.15) is 0 Å². The van der Waals surface area contributed by atoms with Gasteiger partial charge in [-0.15, -0.1) is 12.4 Å². The molecule has 5 nitrogen and oxygen atoms in total. The van der Waals surface area contributed by atoms with Crippen LogP contribution in [-0.4, -0.2) is 25.2 Å². The molecule has 1 atom stereocenters. The molecule has 3 N–H and O–H groups in total. The van der Waals surface area contributed by atoms with Crippen LogP contribution in [0.2, 0.25) is 5.02 Å². The highest BCUT2D eigenvalue weighted by Crippen LogP contribution is 2.29. The smallest absolute Gasteiger partial charge is 0.255 e. The summed E-state index contributed by atoms with van der Waals surface area (Å²) >= 11 is 6.07. The largest absolute Gasteiger partial charge is 0.489 e. The van der Waals surface area contributed by atoms with Crippen LogP contribution >= 0.6 is 24.0 Å². The Labute approximate surface area is 164 Å². The molecular weight excluding hydrogens is 375 g/mol. The highest BCUT2D eigenvalue weighted by atomic mass is 35.5. The van der Waals surface area contributed by atoms with Crippen LogP contribution in [0.15, 0.2) is 42.5 Å². The number of anilines is 1. The van der Waals surface area contributed by atoms with Crippen molar-refractivity contribution in [3.8, 4) is 5.75 Å². The van der Waals surface area contributed by atoms with Gasteiger partial charge in [-0.3, -0.25) is 4.79 Å². The van der Waals surface area contributed by atoms with Crippen molar-refractivity contribution in [1.82, 2.24) is 0 Å². The van der Waals surface area contributed by atoms with E-state index < -0.39 is 0 Å². The Balaban J connectivity index is 0.00000243. The number of ether oxygens (including phenoxy) is 2. The van der Waals surface area contributed by atoms with Crippen LogP contribution in [0, 0.1) is 0 Å². The molecular formula is C19H22Cl2N2O3. The number of benzene rings is 2. The fraction of sp³-hybridized carbons (Fsp3) is 0.316. The molecule has 0 aromatic heterocycles. The Morgan fingerprint density at radius 2 is 2.04 bits per heavy atom. The molecule has 0 aliphatic carbocycles. The minimum Gasteiger partial charge on any atom is -0.489 e. The lowest BCUT2D eigenvalue weighted by atomic mass is 10.1. The summed E-state index contributed by atoms with van der Waals surface area (Å²) in [6.45, 7) is 1.67. The third kappa shape index (κ3) is 5.35. The predicted octanol–water partition coefficient (Wildman–Crippen LogP) is 4.03. The average molecular weight is 397 g/mol. The summed E-state index contributed by atoms with van der Waals surface area (Å²) in [4.78, 5) is 12.5. The zero-order valence-corrected chi connectivity index (χ0v) is 15.8. The van der Waals surface area contributed by atoms with E-state index in [-0.39, 0.29) is 24.4 Å². The number of carbonyl (C=O) groups excluding carboxylic acids is 1. The topological polar surface area (TPSA) is 73.6 Å². The van der Waals surface area contributed by atoms with Gasteiger partial charge in [-0.1, -0.05) is 23.7 Å². The Morgan fingerprint density at radius 1 is 1.27 bits per heavy atom. The lowest BCUT2D eigenvalue weighted by Gasteiger charge is -2.15. The van der Waals surface area contributed by atoms with Crippen LogP contribution in [0.5, 0.6) is 5.75 Å². The number of hydrogen-bond acceptors (Lipinski definition) is 4. The molecule has 0 bridgehead atoms. The van der Waals surface area contributed by atoms with E-state index in [0.717, 1.165) is 25.0 Å². The summed E-state index contributed by atoms with van der Waals surface area (Å²) < 4.78 is 11.4. The lowest BCUT2D eigenvalue weighted by Crippen LogP contribution is -2.18. The van der Waals surface area contributed by atoms with Gasteiger partial charge in [0.05, 0.1) is 11.8 Å². The summed E-state index contributed by atoms with van der Waals surface area (Å²) in [5, 5.41) is 3.39. The highest BCUT2D eigenvalue weighted by Gasteiger charge is 2.17. The lowest BCUT2D eigenvalue weighted by molar-refractivity contribution is 0.0682. The van der Waals surface area contributed by atoms with Gasteiger partial charge in [-0.25, -0.2) is 0 Å². The molecule has 1 unspecified atom stereocenters. The summed E-state index contributed by atoms with van der Waals surface area (Å²) in [7, 11) is 0. The van der Waals surface area contributed by atoms with Crippen LogP contribution in [0.1, 0.15) is 28.8 Å². The fourth-order valence-electron chi connectivity index (χ4n) is 2.67. The van der Waals surface area contributed by atoms with Gasteiger partial charge < -0.3 is 20.5 Å². The molecule has 3 rings (SSSR count). The average Bonchev–Trinajstić information content (AvgIpc) is 3.14. The van der Waals surface area contributed by atoms with Crippen LogP contribution in [-0.2, 0) is 11.3 Å². The molecule has 1 saturated heterocycles. The summed E-state index contributed by atoms with van der Waals surface area (Å²) in [5.41, 5.74) is 7.64. The second kappa shape index (κ2) is 9.78. The number of nitrogens with two attached hydrogens (primary N) is 1. The first-order chi connectivity index (χ1) is 12.2. The van der Waals surface area contributed by atoms with Crippen molar-refractivity contribution in [2.24, 2.45) is 5.73 Å². The van der Waals surface area contributed by atoms with Crippen LogP contribution in [0.25, 0.3) is 0 Å². The summed E-state index contributed by atoms with van der Waals surface area (Å²) in [5.74, 6) is 0.347. The summed E-state index contributed by atoms with van der Waals surface area (Å²) in [6.07, 6.45) is 2.14. The standard InChI is InChI=1S/C19H21ClN2O3.ClH/c20-15-7-8-18(25-12-16-2-1-9-24-16)17(10-15)22-19(23)14-5-3-13(11-21)4-6-14;/h3-8,10,16H,1-2,9,11-12,21H2,(H,22,23);1H. The van der Waals surface area contributed by atoms with Gasteiger partial charge in [0.15, 0.2) is 0 Å². The quantitative estimate of drug-likeness (QED) is 0.772. The van der Waals surface area contributed by atoms with E-state index in [1.807, 2.05) is 12.1 Å². The number of carbonyl (C=O) groups is 1. The minimum absolute atomic E-state index is 0. The SMILES string of the molecule is Cl.NCc1ccc(C(=O)Nc2cc(Cl)ccc2OCC2CCCO2)cc1. The number of rotatable bonds is 6. The molecule has 1 amide bonds. The van der Waals surface area contributed by atoms with Gasteiger partial charge in [-0.05, 0) is 48.7 Å². The van der Waals surface area contributed by atoms with E-state index in [2.05, 4.69) is 5.32 Å². The van der Waals surface area contributed by atoms with Gasteiger partial charge in [0, 0.05) is 23.7 Å². The highest BCUT2D eigenvalue weighted by molar-refractivity contribution is 6.31. The minimum atomic E-state index is -0.229. The van der Waals surface area contributed by atoms with Gasteiger partial charge in [0.2, 0.25) is 0 Å². The first-order valence-electron chi connectivity index (χ1n) is 8.30. The number of hydrogen-bond donors (Lipinski definition) is 2.